The van der Waals surface area contributed by atoms with Gasteiger partial charge >= 0.3 is 0 Å². The third-order valence-corrected chi connectivity index (χ3v) is 6.67. The number of hydrogen-bond donors (Lipinski definition) is 0. The summed E-state index contributed by atoms with van der Waals surface area (Å²) in [6.45, 7) is 11.0. The number of aryl methyl sites for hydroxylation is 1. The van der Waals surface area contributed by atoms with E-state index in [0.717, 1.165) is 5.56 Å². The zero-order valence-electron chi connectivity index (χ0n) is 19.7. The minimum absolute atomic E-state index is 0.00636. The monoisotopic (exact) mass is 483 g/mol. The van der Waals surface area contributed by atoms with Gasteiger partial charge in [0.05, 0.1) is 11.6 Å². The maximum Gasteiger partial charge on any atom is 0.271 e. The number of anilines is 1. The van der Waals surface area contributed by atoms with Crippen molar-refractivity contribution < 1.29 is 8.81 Å². The third-order valence-electron chi connectivity index (χ3n) is 6.67. The Balaban J connectivity index is 1.56. The van der Waals surface area contributed by atoms with Gasteiger partial charge < -0.3 is 18.7 Å². The van der Waals surface area contributed by atoms with Crippen LogP contribution in [-0.2, 0) is 7.05 Å². The van der Waals surface area contributed by atoms with E-state index in [4.69, 9.17) is 11.0 Å². The van der Waals surface area contributed by atoms with Crippen LogP contribution < -0.4 is 10.5 Å². The van der Waals surface area contributed by atoms with E-state index in [2.05, 4.69) is 32.7 Å². The number of aromatic nitrogens is 3. The molecule has 10 heteroatoms. The first-order valence-electron chi connectivity index (χ1n) is 11.4. The Labute approximate surface area is 206 Å². The van der Waals surface area contributed by atoms with E-state index in [1.54, 1.807) is 37.6 Å². The minimum atomic E-state index is -0.403. The lowest BCUT2D eigenvalue weighted by Crippen LogP contribution is -2.53. The molecule has 1 aliphatic heterocycles. The molecule has 0 spiro atoms. The van der Waals surface area contributed by atoms with Crippen molar-refractivity contribution in [1.29, 1.82) is 5.26 Å². The van der Waals surface area contributed by atoms with E-state index in [-0.39, 0.29) is 29.3 Å². The second kappa shape index (κ2) is 9.25. The molecule has 1 aromatic carbocycles. The highest BCUT2D eigenvalue weighted by Crippen LogP contribution is 2.35. The Hall–Kier alpha value is -4.54. The van der Waals surface area contributed by atoms with Crippen molar-refractivity contribution in [2.45, 2.75) is 19.0 Å². The maximum absolute atomic E-state index is 13.6. The van der Waals surface area contributed by atoms with Crippen LogP contribution in [0, 0.1) is 23.7 Å². The summed E-state index contributed by atoms with van der Waals surface area (Å²) in [5.74, 6) is -0.122. The van der Waals surface area contributed by atoms with Crippen LogP contribution in [0.3, 0.4) is 0 Å². The number of halogens is 1. The van der Waals surface area contributed by atoms with Crippen molar-refractivity contribution in [1.82, 2.24) is 19.4 Å². The molecule has 0 saturated carbocycles. The van der Waals surface area contributed by atoms with Crippen LogP contribution in [-0.4, -0.2) is 45.1 Å². The van der Waals surface area contributed by atoms with Gasteiger partial charge in [-0.25, -0.2) is 9.37 Å². The lowest BCUT2D eigenvalue weighted by atomic mass is 9.98. The average molecular weight is 484 g/mol. The molecule has 1 aliphatic rings. The van der Waals surface area contributed by atoms with Crippen LogP contribution >= 0.6 is 0 Å². The molecule has 180 valence electrons. The second-order valence-electron chi connectivity index (χ2n) is 8.75. The highest BCUT2D eigenvalue weighted by Gasteiger charge is 2.35. The Morgan fingerprint density at radius 1 is 1.25 bits per heavy atom. The van der Waals surface area contributed by atoms with Crippen molar-refractivity contribution in [2.24, 2.45) is 7.05 Å². The second-order valence-corrected chi connectivity index (χ2v) is 8.75. The van der Waals surface area contributed by atoms with Gasteiger partial charge in [0.1, 0.15) is 35.1 Å². The summed E-state index contributed by atoms with van der Waals surface area (Å²) in [7, 11) is 1.60. The Morgan fingerprint density at radius 2 is 2.03 bits per heavy atom. The molecular formula is C26H22FN7O2. The fourth-order valence-corrected chi connectivity index (χ4v) is 4.95. The Morgan fingerprint density at radius 3 is 2.67 bits per heavy atom. The third kappa shape index (κ3) is 3.88. The lowest BCUT2D eigenvalue weighted by molar-refractivity contribution is 0.147. The van der Waals surface area contributed by atoms with E-state index >= 15 is 0 Å². The predicted molar refractivity (Wildman–Crippen MR) is 131 cm³/mol. The van der Waals surface area contributed by atoms with Gasteiger partial charge in [-0.1, -0.05) is 18.7 Å². The van der Waals surface area contributed by atoms with Gasteiger partial charge in [-0.2, -0.15) is 5.26 Å². The lowest BCUT2D eigenvalue weighted by Gasteiger charge is -2.44. The minimum Gasteiger partial charge on any atom is -0.451 e. The van der Waals surface area contributed by atoms with E-state index in [9.17, 15) is 14.4 Å². The molecule has 36 heavy (non-hydrogen) atoms. The van der Waals surface area contributed by atoms with E-state index < -0.39 is 5.56 Å². The van der Waals surface area contributed by atoms with Gasteiger partial charge in [0, 0.05) is 32.7 Å². The predicted octanol–water partition coefficient (Wildman–Crippen LogP) is 3.78. The summed E-state index contributed by atoms with van der Waals surface area (Å²) < 4.78 is 20.3. The Kier molecular flexibility index (Phi) is 5.96. The number of pyridine rings is 2. The van der Waals surface area contributed by atoms with Crippen molar-refractivity contribution in [3.63, 3.8) is 0 Å². The fraction of sp³-hybridized carbons (Fsp3) is 0.269. The van der Waals surface area contributed by atoms with Crippen LogP contribution in [0.25, 0.3) is 15.9 Å². The molecule has 5 rings (SSSR count). The molecule has 0 aliphatic carbocycles. The van der Waals surface area contributed by atoms with Crippen molar-refractivity contribution in [3.05, 3.63) is 93.5 Å². The number of benzene rings is 1. The molecule has 0 bridgehead atoms. The van der Waals surface area contributed by atoms with Gasteiger partial charge in [0.25, 0.3) is 11.4 Å². The van der Waals surface area contributed by atoms with Gasteiger partial charge in [0.2, 0.25) is 5.52 Å². The molecule has 4 heterocycles. The summed E-state index contributed by atoms with van der Waals surface area (Å²) in [5.41, 5.74) is 2.66. The van der Waals surface area contributed by atoms with Crippen molar-refractivity contribution >= 4 is 22.5 Å². The number of nitriles is 1. The zero-order valence-corrected chi connectivity index (χ0v) is 19.7. The summed E-state index contributed by atoms with van der Waals surface area (Å²) in [6, 6.07) is 11.4. The highest BCUT2D eigenvalue weighted by atomic mass is 19.1. The van der Waals surface area contributed by atoms with Crippen LogP contribution in [0.15, 0.2) is 58.3 Å². The van der Waals surface area contributed by atoms with Crippen LogP contribution in [0.5, 0.6) is 0 Å². The normalized spacial score (nSPS) is 17.0. The SMILES string of the molecule is [C-]#[N+]c1ccc2c(n1)c(N1CCN(C(c3ccc(F)cc3)c3cocn3)[C@H](C)C1)c(C#N)c(=O)n2C. The van der Waals surface area contributed by atoms with Crippen LogP contribution in [0.2, 0.25) is 0 Å². The molecule has 1 unspecified atom stereocenters. The molecule has 0 radical (unpaired) electrons. The molecule has 0 N–H and O–H groups in total. The van der Waals surface area contributed by atoms with Gasteiger partial charge in [-0.05, 0) is 36.8 Å². The molecule has 1 saturated heterocycles. The number of piperazine rings is 1. The van der Waals surface area contributed by atoms with Gasteiger partial charge in [0.15, 0.2) is 6.39 Å². The first-order chi connectivity index (χ1) is 17.4. The summed E-state index contributed by atoms with van der Waals surface area (Å²) in [4.78, 5) is 29.5. The smallest absolute Gasteiger partial charge is 0.271 e. The molecular weight excluding hydrogens is 461 g/mol. The first kappa shape index (κ1) is 23.2. The molecule has 9 nitrogen and oxygen atoms in total. The molecule has 4 aromatic rings. The van der Waals surface area contributed by atoms with Crippen LogP contribution in [0.1, 0.15) is 29.8 Å². The quantitative estimate of drug-likeness (QED) is 0.408. The number of hydrogen-bond acceptors (Lipinski definition) is 7. The number of nitrogens with zero attached hydrogens (tertiary/aromatic N) is 7. The van der Waals surface area contributed by atoms with Crippen LogP contribution in [0.4, 0.5) is 15.9 Å². The molecule has 1 fully saturated rings. The number of fused-ring (bicyclic) bond motifs is 1. The average Bonchev–Trinajstić information content (AvgIpc) is 3.42. The van der Waals surface area contributed by atoms with E-state index in [1.807, 2.05) is 4.90 Å². The summed E-state index contributed by atoms with van der Waals surface area (Å²) >= 11 is 0. The Bertz CT molecular complexity index is 1570. The van der Waals surface area contributed by atoms with Gasteiger partial charge in [-0.15, -0.1) is 4.98 Å². The van der Waals surface area contributed by atoms with E-state index in [1.165, 1.54) is 23.1 Å². The standard InChI is InChI=1S/C26H22FN7O2/c1-16-13-33(25-19(12-28)26(35)32(3)21-8-9-22(29-2)31-23(21)25)10-11-34(16)24(20-14-36-15-30-20)17-4-6-18(27)7-5-17/h4-9,14-16,24H,10-11,13H2,1,3H3/t16-,24?/m1/s1. The topological polar surface area (TPSA) is 95.6 Å². The largest absolute Gasteiger partial charge is 0.451 e. The summed E-state index contributed by atoms with van der Waals surface area (Å²) in [5, 5.41) is 9.90. The molecule has 0 amide bonds. The van der Waals surface area contributed by atoms with E-state index in [0.29, 0.717) is 42.0 Å². The maximum atomic E-state index is 13.6. The number of oxazole rings is 1. The zero-order chi connectivity index (χ0) is 25.4. The summed E-state index contributed by atoms with van der Waals surface area (Å²) in [6.07, 6.45) is 2.96. The number of rotatable bonds is 4. The van der Waals surface area contributed by atoms with Crippen molar-refractivity contribution in [2.75, 3.05) is 24.5 Å². The first-order valence-corrected chi connectivity index (χ1v) is 11.4. The molecule has 3 aromatic heterocycles. The molecule has 2 atom stereocenters. The fourth-order valence-electron chi connectivity index (χ4n) is 4.95. The highest BCUT2D eigenvalue weighted by molar-refractivity contribution is 5.92. The van der Waals surface area contributed by atoms with Crippen molar-refractivity contribution in [3.8, 4) is 6.07 Å². The van der Waals surface area contributed by atoms with Gasteiger partial charge in [-0.3, -0.25) is 9.69 Å².